The maximum Gasteiger partial charge on any atom is 0.0793 e. The Labute approximate surface area is 73.4 Å². The van der Waals surface area contributed by atoms with Crippen molar-refractivity contribution in [2.24, 2.45) is 0 Å². The fourth-order valence-corrected chi connectivity index (χ4v) is 1.20. The summed E-state index contributed by atoms with van der Waals surface area (Å²) in [6, 6.07) is 7.71. The van der Waals surface area contributed by atoms with Gasteiger partial charge >= 0.3 is 0 Å². The third-order valence-electron chi connectivity index (χ3n) is 1.78. The lowest BCUT2D eigenvalue weighted by atomic mass is 10.0. The molecule has 63 valence electrons. The molecule has 12 heavy (non-hydrogen) atoms. The van der Waals surface area contributed by atoms with Gasteiger partial charge in [-0.05, 0) is 24.5 Å². The topological polar surface area (TPSA) is 20.2 Å². The summed E-state index contributed by atoms with van der Waals surface area (Å²) in [6.07, 6.45) is 1.96. The first kappa shape index (κ1) is 9.01. The third-order valence-corrected chi connectivity index (χ3v) is 1.78. The molecule has 0 saturated carbocycles. The first-order valence-electron chi connectivity index (χ1n) is 3.95. The molecule has 0 aromatic heterocycles. The Kier molecular flexibility index (Phi) is 3.06. The van der Waals surface area contributed by atoms with E-state index in [-0.39, 0.29) is 0 Å². The van der Waals surface area contributed by atoms with E-state index in [4.69, 9.17) is 0 Å². The van der Waals surface area contributed by atoms with Crippen molar-refractivity contribution in [3.8, 4) is 0 Å². The van der Waals surface area contributed by atoms with Crippen molar-refractivity contribution < 1.29 is 5.11 Å². The maximum atomic E-state index is 9.29. The van der Waals surface area contributed by atoms with Crippen LogP contribution in [0.2, 0.25) is 0 Å². The summed E-state index contributed by atoms with van der Waals surface area (Å²) in [5.41, 5.74) is 1.98. The van der Waals surface area contributed by atoms with Crippen molar-refractivity contribution in [1.82, 2.24) is 0 Å². The lowest BCUT2D eigenvalue weighted by molar-refractivity contribution is 0.225. The van der Waals surface area contributed by atoms with Gasteiger partial charge in [0.2, 0.25) is 0 Å². The first-order valence-corrected chi connectivity index (χ1v) is 3.95. The molecule has 1 atom stereocenters. The normalized spacial score (nSPS) is 12.5. The van der Waals surface area contributed by atoms with Crippen molar-refractivity contribution >= 4 is 0 Å². The number of aliphatic hydroxyl groups excluding tert-OH is 1. The molecule has 0 amide bonds. The van der Waals surface area contributed by atoms with Gasteiger partial charge in [0.15, 0.2) is 0 Å². The Morgan fingerprint density at radius 3 is 2.67 bits per heavy atom. The lowest BCUT2D eigenvalue weighted by Crippen LogP contribution is -1.96. The molecule has 0 aliphatic rings. The Bertz CT molecular complexity index is 263. The highest BCUT2D eigenvalue weighted by Crippen LogP contribution is 2.17. The van der Waals surface area contributed by atoms with Gasteiger partial charge in [0.25, 0.3) is 0 Å². The minimum Gasteiger partial charge on any atom is -0.388 e. The quantitative estimate of drug-likeness (QED) is 0.674. The molecular formula is C11H13O. The predicted octanol–water partition coefficient (Wildman–Crippen LogP) is 2.28. The molecule has 1 nitrogen and oxygen atoms in total. The van der Waals surface area contributed by atoms with Gasteiger partial charge in [-0.3, -0.25) is 0 Å². The van der Waals surface area contributed by atoms with E-state index in [1.165, 1.54) is 0 Å². The van der Waals surface area contributed by atoms with Crippen LogP contribution in [0, 0.1) is 6.92 Å². The average molecular weight is 161 g/mol. The molecule has 1 aromatic carbocycles. The highest BCUT2D eigenvalue weighted by atomic mass is 16.3. The Balaban J connectivity index is 2.99. The summed E-state index contributed by atoms with van der Waals surface area (Å²) < 4.78 is 0. The fraction of sp³-hybridized carbons (Fsp3) is 0.182. The van der Waals surface area contributed by atoms with Gasteiger partial charge < -0.3 is 5.11 Å². The lowest BCUT2D eigenvalue weighted by Gasteiger charge is -2.09. The summed E-state index contributed by atoms with van der Waals surface area (Å²) in [5, 5.41) is 9.29. The molecule has 1 N–H and O–H groups in total. The SMILES string of the molecule is [CH2]C(O)c1ccccc1CC=C. The minimum absolute atomic E-state index is 0.638. The Morgan fingerprint density at radius 1 is 1.42 bits per heavy atom. The van der Waals surface area contributed by atoms with E-state index in [2.05, 4.69) is 13.5 Å². The Morgan fingerprint density at radius 2 is 2.08 bits per heavy atom. The number of rotatable bonds is 3. The molecule has 1 aromatic rings. The van der Waals surface area contributed by atoms with Crippen molar-refractivity contribution in [3.05, 3.63) is 55.0 Å². The van der Waals surface area contributed by atoms with Crippen LogP contribution in [-0.4, -0.2) is 5.11 Å². The standard InChI is InChI=1S/C11H13O/c1-3-6-10-7-4-5-8-11(10)9(2)12/h3-5,7-9,12H,1-2,6H2. The molecule has 1 unspecified atom stereocenters. The van der Waals surface area contributed by atoms with Crippen LogP contribution < -0.4 is 0 Å². The first-order chi connectivity index (χ1) is 5.75. The zero-order valence-electron chi connectivity index (χ0n) is 7.03. The zero-order valence-corrected chi connectivity index (χ0v) is 7.03. The monoisotopic (exact) mass is 161 g/mol. The van der Waals surface area contributed by atoms with E-state index in [9.17, 15) is 5.11 Å². The van der Waals surface area contributed by atoms with Crippen LogP contribution in [-0.2, 0) is 6.42 Å². The van der Waals surface area contributed by atoms with E-state index in [0.717, 1.165) is 17.5 Å². The van der Waals surface area contributed by atoms with E-state index >= 15 is 0 Å². The minimum atomic E-state index is -0.638. The smallest absolute Gasteiger partial charge is 0.0793 e. The van der Waals surface area contributed by atoms with Gasteiger partial charge in [0.05, 0.1) is 6.10 Å². The van der Waals surface area contributed by atoms with Gasteiger partial charge in [0, 0.05) is 0 Å². The van der Waals surface area contributed by atoms with Crippen LogP contribution in [0.15, 0.2) is 36.9 Å². The van der Waals surface area contributed by atoms with E-state index in [1.54, 1.807) is 0 Å². The van der Waals surface area contributed by atoms with E-state index in [0.29, 0.717) is 0 Å². The van der Waals surface area contributed by atoms with Crippen LogP contribution >= 0.6 is 0 Å². The maximum absolute atomic E-state index is 9.29. The van der Waals surface area contributed by atoms with Gasteiger partial charge in [-0.1, -0.05) is 30.3 Å². The van der Waals surface area contributed by atoms with E-state index < -0.39 is 6.10 Å². The van der Waals surface area contributed by atoms with Crippen LogP contribution in [0.25, 0.3) is 0 Å². The van der Waals surface area contributed by atoms with Gasteiger partial charge in [0.1, 0.15) is 0 Å². The van der Waals surface area contributed by atoms with Gasteiger partial charge in [-0.15, -0.1) is 6.58 Å². The number of hydrogen-bond donors (Lipinski definition) is 1. The van der Waals surface area contributed by atoms with Crippen LogP contribution in [0.3, 0.4) is 0 Å². The van der Waals surface area contributed by atoms with Crippen molar-refractivity contribution in [2.75, 3.05) is 0 Å². The third kappa shape index (κ3) is 1.95. The number of allylic oxidation sites excluding steroid dienone is 1. The van der Waals surface area contributed by atoms with Crippen LogP contribution in [0.5, 0.6) is 0 Å². The molecule has 1 radical (unpaired) electrons. The van der Waals surface area contributed by atoms with E-state index in [1.807, 2.05) is 30.3 Å². The molecule has 0 heterocycles. The number of benzene rings is 1. The molecule has 0 fully saturated rings. The predicted molar refractivity (Wildman–Crippen MR) is 50.7 cm³/mol. The zero-order chi connectivity index (χ0) is 8.97. The number of aliphatic hydroxyl groups is 1. The molecule has 1 heteroatoms. The summed E-state index contributed by atoms with van der Waals surface area (Å²) >= 11 is 0. The largest absolute Gasteiger partial charge is 0.388 e. The van der Waals surface area contributed by atoms with Gasteiger partial charge in [-0.2, -0.15) is 0 Å². The van der Waals surface area contributed by atoms with Gasteiger partial charge in [-0.25, -0.2) is 0 Å². The van der Waals surface area contributed by atoms with Crippen molar-refractivity contribution in [1.29, 1.82) is 0 Å². The molecule has 0 aliphatic heterocycles. The number of hydrogen-bond acceptors (Lipinski definition) is 1. The highest BCUT2D eigenvalue weighted by molar-refractivity contribution is 5.30. The molecular weight excluding hydrogens is 148 g/mol. The second-order valence-corrected chi connectivity index (χ2v) is 2.71. The molecule has 0 aliphatic carbocycles. The van der Waals surface area contributed by atoms with Crippen LogP contribution in [0.1, 0.15) is 17.2 Å². The fourth-order valence-electron chi connectivity index (χ4n) is 1.20. The summed E-state index contributed by atoms with van der Waals surface area (Å²) in [4.78, 5) is 0. The molecule has 0 bridgehead atoms. The second-order valence-electron chi connectivity index (χ2n) is 2.71. The highest BCUT2D eigenvalue weighted by Gasteiger charge is 2.04. The Hall–Kier alpha value is -1.08. The summed E-state index contributed by atoms with van der Waals surface area (Å²) in [7, 11) is 0. The average Bonchev–Trinajstić information content (AvgIpc) is 2.05. The molecule has 1 rings (SSSR count). The van der Waals surface area contributed by atoms with Crippen molar-refractivity contribution in [2.45, 2.75) is 12.5 Å². The summed E-state index contributed by atoms with van der Waals surface area (Å²) in [6.45, 7) is 7.23. The molecule has 0 saturated heterocycles. The second kappa shape index (κ2) is 4.07. The van der Waals surface area contributed by atoms with Crippen LogP contribution in [0.4, 0.5) is 0 Å². The molecule has 0 spiro atoms. The van der Waals surface area contributed by atoms with Crippen molar-refractivity contribution in [3.63, 3.8) is 0 Å². The summed E-state index contributed by atoms with van der Waals surface area (Å²) in [5.74, 6) is 0.